The number of hydrogen-bond donors (Lipinski definition) is 2. The predicted octanol–water partition coefficient (Wildman–Crippen LogP) is 2.45. The summed E-state index contributed by atoms with van der Waals surface area (Å²) in [5.74, 6) is 1.84. The molecule has 2 unspecified atom stereocenters. The number of halogens is 1. The molecule has 2 fully saturated rings. The Labute approximate surface area is 196 Å². The van der Waals surface area contributed by atoms with Crippen molar-refractivity contribution in [3.63, 3.8) is 0 Å². The Balaban J connectivity index is 0.00000300. The average Bonchev–Trinajstić information content (AvgIpc) is 3.20. The van der Waals surface area contributed by atoms with Crippen molar-refractivity contribution < 1.29 is 0 Å². The third-order valence-electron chi connectivity index (χ3n) is 5.51. The molecule has 0 amide bonds. The molecule has 1 saturated heterocycles. The van der Waals surface area contributed by atoms with Crippen LogP contribution in [0.5, 0.6) is 0 Å². The number of nitrogens with one attached hydrogen (secondary N) is 2. The topological polar surface area (TPSA) is 68.7 Å². The van der Waals surface area contributed by atoms with E-state index in [1.807, 2.05) is 30.2 Å². The van der Waals surface area contributed by atoms with Gasteiger partial charge in [-0.2, -0.15) is 11.8 Å². The molecule has 0 bridgehead atoms. The summed E-state index contributed by atoms with van der Waals surface area (Å²) >= 11 is 2.00. The van der Waals surface area contributed by atoms with Crippen molar-refractivity contribution in [1.82, 2.24) is 25.5 Å². The first-order valence-electron chi connectivity index (χ1n) is 10.6. The Morgan fingerprint density at radius 3 is 2.62 bits per heavy atom. The largest absolute Gasteiger partial charge is 0.357 e. The van der Waals surface area contributed by atoms with Gasteiger partial charge >= 0.3 is 0 Å². The number of aromatic nitrogens is 2. The summed E-state index contributed by atoms with van der Waals surface area (Å²) in [6, 6.07) is 2.44. The molecule has 1 saturated carbocycles. The molecule has 2 N–H and O–H groups in total. The van der Waals surface area contributed by atoms with Crippen LogP contribution in [0.15, 0.2) is 23.5 Å². The van der Waals surface area contributed by atoms with Gasteiger partial charge in [-0.1, -0.05) is 0 Å². The van der Waals surface area contributed by atoms with Crippen LogP contribution in [0.3, 0.4) is 0 Å². The standard InChI is InChI=1S/C20H35N7S.HI/c1-3-21-19(25-17-6-7-18(16-17)28-2)22-10-5-11-26-12-14-27(15-13-26)20-23-8-4-9-24-20;/h4,8-9,17-18H,3,5-7,10-16H2,1-2H3,(H2,21,22,25);1H. The third kappa shape index (κ3) is 8.09. The molecule has 7 nitrogen and oxygen atoms in total. The molecule has 2 heterocycles. The molecule has 1 aromatic rings. The summed E-state index contributed by atoms with van der Waals surface area (Å²) < 4.78 is 0. The van der Waals surface area contributed by atoms with E-state index in [0.29, 0.717) is 6.04 Å². The molecule has 1 aliphatic heterocycles. The van der Waals surface area contributed by atoms with Crippen molar-refractivity contribution in [1.29, 1.82) is 0 Å². The van der Waals surface area contributed by atoms with Gasteiger partial charge in [0, 0.05) is 69.5 Å². The summed E-state index contributed by atoms with van der Waals surface area (Å²) in [6.07, 6.45) is 10.8. The maximum atomic E-state index is 4.81. The Hall–Kier alpha value is -0.810. The van der Waals surface area contributed by atoms with Crippen molar-refractivity contribution in [2.45, 2.75) is 43.9 Å². The van der Waals surface area contributed by atoms with Crippen LogP contribution in [0.25, 0.3) is 0 Å². The van der Waals surface area contributed by atoms with E-state index >= 15 is 0 Å². The maximum absolute atomic E-state index is 4.81. The monoisotopic (exact) mass is 533 g/mol. The van der Waals surface area contributed by atoms with Gasteiger partial charge in [-0.15, -0.1) is 24.0 Å². The van der Waals surface area contributed by atoms with Crippen LogP contribution in [0.1, 0.15) is 32.6 Å². The van der Waals surface area contributed by atoms with Crippen molar-refractivity contribution in [2.24, 2.45) is 4.99 Å². The van der Waals surface area contributed by atoms with Gasteiger partial charge in [0.15, 0.2) is 5.96 Å². The van der Waals surface area contributed by atoms with E-state index in [1.165, 1.54) is 19.3 Å². The lowest BCUT2D eigenvalue weighted by Crippen LogP contribution is -2.47. The third-order valence-corrected chi connectivity index (χ3v) is 6.61. The van der Waals surface area contributed by atoms with E-state index in [1.54, 1.807) is 0 Å². The van der Waals surface area contributed by atoms with E-state index < -0.39 is 0 Å². The number of aliphatic imine (C=N–C) groups is 1. The fraction of sp³-hybridized carbons (Fsp3) is 0.750. The van der Waals surface area contributed by atoms with Crippen LogP contribution in [-0.2, 0) is 0 Å². The zero-order valence-corrected chi connectivity index (χ0v) is 20.9. The van der Waals surface area contributed by atoms with E-state index in [2.05, 4.69) is 43.6 Å². The molecule has 1 aliphatic carbocycles. The SMILES string of the molecule is CCNC(=NCCCN1CCN(c2ncccn2)CC1)NC1CCC(SC)C1.I. The lowest BCUT2D eigenvalue weighted by atomic mass is 10.2. The summed E-state index contributed by atoms with van der Waals surface area (Å²) in [4.78, 5) is 18.3. The zero-order chi connectivity index (χ0) is 19.6. The van der Waals surface area contributed by atoms with Crippen LogP contribution in [0.2, 0.25) is 0 Å². The van der Waals surface area contributed by atoms with E-state index in [-0.39, 0.29) is 24.0 Å². The van der Waals surface area contributed by atoms with Gasteiger partial charge in [-0.25, -0.2) is 9.97 Å². The van der Waals surface area contributed by atoms with Crippen LogP contribution in [0.4, 0.5) is 5.95 Å². The zero-order valence-electron chi connectivity index (χ0n) is 17.7. The highest BCUT2D eigenvalue weighted by atomic mass is 127. The van der Waals surface area contributed by atoms with Gasteiger partial charge < -0.3 is 15.5 Å². The van der Waals surface area contributed by atoms with Crippen molar-refractivity contribution in [2.75, 3.05) is 57.0 Å². The Kier molecular flexibility index (Phi) is 11.4. The second-order valence-electron chi connectivity index (χ2n) is 7.50. The molecule has 9 heteroatoms. The van der Waals surface area contributed by atoms with Gasteiger partial charge in [0.25, 0.3) is 0 Å². The second-order valence-corrected chi connectivity index (χ2v) is 8.64. The quantitative estimate of drug-likeness (QED) is 0.230. The molecule has 29 heavy (non-hydrogen) atoms. The minimum absolute atomic E-state index is 0. The number of thioether (sulfide) groups is 1. The lowest BCUT2D eigenvalue weighted by Gasteiger charge is -2.34. The number of rotatable bonds is 8. The number of hydrogen-bond acceptors (Lipinski definition) is 6. The molecule has 0 spiro atoms. The first-order chi connectivity index (χ1) is 13.8. The smallest absolute Gasteiger partial charge is 0.225 e. The number of piperazine rings is 1. The molecule has 3 rings (SSSR count). The maximum Gasteiger partial charge on any atom is 0.225 e. The summed E-state index contributed by atoms with van der Waals surface area (Å²) in [6.45, 7) is 9.14. The molecule has 1 aromatic heterocycles. The summed E-state index contributed by atoms with van der Waals surface area (Å²) in [5, 5.41) is 7.84. The second kappa shape index (κ2) is 13.5. The van der Waals surface area contributed by atoms with Crippen molar-refractivity contribution in [3.05, 3.63) is 18.5 Å². The molecule has 2 atom stereocenters. The molecule has 0 aromatic carbocycles. The van der Waals surface area contributed by atoms with E-state index in [9.17, 15) is 0 Å². The Morgan fingerprint density at radius 2 is 1.97 bits per heavy atom. The highest BCUT2D eigenvalue weighted by molar-refractivity contribution is 14.0. The van der Waals surface area contributed by atoms with Gasteiger partial charge in [0.05, 0.1) is 0 Å². The summed E-state index contributed by atoms with van der Waals surface area (Å²) in [7, 11) is 0. The fourth-order valence-corrected chi connectivity index (χ4v) is 4.71. The highest BCUT2D eigenvalue weighted by Crippen LogP contribution is 2.28. The van der Waals surface area contributed by atoms with Crippen LogP contribution in [0, 0.1) is 0 Å². The minimum Gasteiger partial charge on any atom is -0.357 e. The fourth-order valence-electron chi connectivity index (χ4n) is 3.91. The van der Waals surface area contributed by atoms with Gasteiger partial charge in [-0.3, -0.25) is 9.89 Å². The predicted molar refractivity (Wildman–Crippen MR) is 135 cm³/mol. The van der Waals surface area contributed by atoms with E-state index in [0.717, 1.165) is 69.4 Å². The normalized spacial score (nSPS) is 23.0. The van der Waals surface area contributed by atoms with Gasteiger partial charge in [-0.05, 0) is 44.9 Å². The molecule has 0 radical (unpaired) electrons. The van der Waals surface area contributed by atoms with Crippen LogP contribution in [-0.4, -0.2) is 84.2 Å². The van der Waals surface area contributed by atoms with Crippen LogP contribution < -0.4 is 15.5 Å². The molecular formula is C20H36IN7S. The number of nitrogens with zero attached hydrogens (tertiary/aromatic N) is 5. The Bertz CT molecular complexity index is 596. The molecular weight excluding hydrogens is 497 g/mol. The molecule has 164 valence electrons. The van der Waals surface area contributed by atoms with Gasteiger partial charge in [0.2, 0.25) is 5.95 Å². The average molecular weight is 534 g/mol. The summed E-state index contributed by atoms with van der Waals surface area (Å²) in [5.41, 5.74) is 0. The van der Waals surface area contributed by atoms with E-state index in [4.69, 9.17) is 4.99 Å². The first-order valence-corrected chi connectivity index (χ1v) is 11.9. The lowest BCUT2D eigenvalue weighted by molar-refractivity contribution is 0.255. The highest BCUT2D eigenvalue weighted by Gasteiger charge is 2.24. The molecule has 2 aliphatic rings. The Morgan fingerprint density at radius 1 is 1.21 bits per heavy atom. The van der Waals surface area contributed by atoms with Crippen molar-refractivity contribution >= 4 is 47.6 Å². The van der Waals surface area contributed by atoms with Gasteiger partial charge in [0.1, 0.15) is 0 Å². The first kappa shape index (κ1) is 24.5. The van der Waals surface area contributed by atoms with Crippen molar-refractivity contribution in [3.8, 4) is 0 Å². The number of guanidine groups is 1. The number of anilines is 1. The van der Waals surface area contributed by atoms with Crippen LogP contribution >= 0.6 is 35.7 Å². The minimum atomic E-state index is 0.